The lowest BCUT2D eigenvalue weighted by molar-refractivity contribution is -0.172. The largest absolute Gasteiger partial charge is 0.480 e. The van der Waals surface area contributed by atoms with Crippen molar-refractivity contribution in [1.82, 2.24) is 4.90 Å². The van der Waals surface area contributed by atoms with Crippen LogP contribution in [-0.4, -0.2) is 57.2 Å². The minimum absolute atomic E-state index is 0.324. The Morgan fingerprint density at radius 2 is 2.24 bits per heavy atom. The molecule has 17 heavy (non-hydrogen) atoms. The molecule has 0 spiro atoms. The highest BCUT2D eigenvalue weighted by Gasteiger charge is 2.57. The van der Waals surface area contributed by atoms with Gasteiger partial charge in [0.1, 0.15) is 17.5 Å². The fourth-order valence-corrected chi connectivity index (χ4v) is 3.40. The van der Waals surface area contributed by atoms with E-state index < -0.39 is 36.0 Å². The molecule has 2 aliphatic heterocycles. The van der Waals surface area contributed by atoms with E-state index in [4.69, 9.17) is 15.6 Å². The van der Waals surface area contributed by atoms with Gasteiger partial charge in [0.25, 0.3) is 0 Å². The molecule has 0 aromatic carbocycles. The zero-order valence-corrected chi connectivity index (χ0v) is 9.85. The first-order valence-corrected chi connectivity index (χ1v) is 6.07. The van der Waals surface area contributed by atoms with E-state index in [-0.39, 0.29) is 5.37 Å². The van der Waals surface area contributed by atoms with Gasteiger partial charge in [0, 0.05) is 12.7 Å². The summed E-state index contributed by atoms with van der Waals surface area (Å²) in [6.45, 7) is 1.21. The van der Waals surface area contributed by atoms with Gasteiger partial charge in [-0.25, -0.2) is 4.79 Å². The van der Waals surface area contributed by atoms with Crippen molar-refractivity contribution >= 4 is 29.6 Å². The SMILES string of the molecule is CC(=O)OC1CS[C@@H]2C(N)C(=O)N2C1C(=O)O. The molecule has 2 heterocycles. The molecule has 4 atom stereocenters. The number of rotatable bonds is 2. The molecule has 2 fully saturated rings. The number of carbonyl (C=O) groups excluding carboxylic acids is 2. The first-order valence-electron chi connectivity index (χ1n) is 5.03. The van der Waals surface area contributed by atoms with Crippen LogP contribution in [0.5, 0.6) is 0 Å². The van der Waals surface area contributed by atoms with Crippen molar-refractivity contribution in [3.63, 3.8) is 0 Å². The molecule has 3 unspecified atom stereocenters. The number of fused-ring (bicyclic) bond motifs is 1. The average molecular weight is 260 g/mol. The number of hydrogen-bond acceptors (Lipinski definition) is 6. The Morgan fingerprint density at radius 3 is 2.76 bits per heavy atom. The van der Waals surface area contributed by atoms with E-state index in [2.05, 4.69) is 0 Å². The summed E-state index contributed by atoms with van der Waals surface area (Å²) in [5, 5.41) is 8.79. The number of thioether (sulfide) groups is 1. The average Bonchev–Trinajstić information content (AvgIpc) is 2.26. The third-order valence-corrected chi connectivity index (χ3v) is 4.16. The molecule has 0 aromatic heterocycles. The Morgan fingerprint density at radius 1 is 1.59 bits per heavy atom. The van der Waals surface area contributed by atoms with E-state index in [0.29, 0.717) is 5.75 Å². The number of nitrogens with zero attached hydrogens (tertiary/aromatic N) is 1. The lowest BCUT2D eigenvalue weighted by Crippen LogP contribution is -2.75. The molecule has 0 saturated carbocycles. The van der Waals surface area contributed by atoms with Crippen LogP contribution in [0.15, 0.2) is 0 Å². The van der Waals surface area contributed by atoms with E-state index >= 15 is 0 Å². The molecule has 3 N–H and O–H groups in total. The highest BCUT2D eigenvalue weighted by Crippen LogP contribution is 2.38. The summed E-state index contributed by atoms with van der Waals surface area (Å²) in [7, 11) is 0. The number of aliphatic carboxylic acids is 1. The summed E-state index contributed by atoms with van der Waals surface area (Å²) in [5.74, 6) is -1.82. The van der Waals surface area contributed by atoms with Gasteiger partial charge in [-0.1, -0.05) is 0 Å². The van der Waals surface area contributed by atoms with Gasteiger partial charge in [-0.05, 0) is 0 Å². The number of amides is 1. The van der Waals surface area contributed by atoms with Crippen molar-refractivity contribution in [1.29, 1.82) is 0 Å². The molecule has 1 amide bonds. The standard InChI is InChI=1S/C9H12N2O5S/c1-3(12)16-4-2-17-8-5(10)7(13)11(8)6(4)9(14)15/h4-6,8H,2,10H2,1H3,(H,14,15)/t4?,5?,6?,8-/m1/s1. The fraction of sp³-hybridized carbons (Fsp3) is 0.667. The second-order valence-corrected chi connectivity index (χ2v) is 5.08. The van der Waals surface area contributed by atoms with Crippen LogP contribution < -0.4 is 5.73 Å². The first-order chi connectivity index (χ1) is 7.93. The molecule has 7 nitrogen and oxygen atoms in total. The predicted molar refractivity (Wildman–Crippen MR) is 58.0 cm³/mol. The molecule has 0 aromatic rings. The van der Waals surface area contributed by atoms with Gasteiger partial charge in [-0.15, -0.1) is 11.8 Å². The Bertz CT molecular complexity index is 388. The smallest absolute Gasteiger partial charge is 0.330 e. The van der Waals surface area contributed by atoms with Crippen LogP contribution in [-0.2, 0) is 19.1 Å². The van der Waals surface area contributed by atoms with Crippen LogP contribution in [0.1, 0.15) is 6.92 Å². The molecule has 2 rings (SSSR count). The number of hydrogen-bond donors (Lipinski definition) is 2. The van der Waals surface area contributed by atoms with Crippen molar-refractivity contribution in [3.8, 4) is 0 Å². The van der Waals surface area contributed by atoms with Crippen molar-refractivity contribution in [2.45, 2.75) is 30.5 Å². The number of ether oxygens (including phenoxy) is 1. The molecule has 2 saturated heterocycles. The number of β-lactam (4-membered cyclic amide) rings is 1. The zero-order chi connectivity index (χ0) is 12.7. The molecular formula is C9H12N2O5S. The predicted octanol–water partition coefficient (Wildman–Crippen LogP) is -1.39. The molecule has 94 valence electrons. The van der Waals surface area contributed by atoms with Gasteiger partial charge >= 0.3 is 11.9 Å². The zero-order valence-electron chi connectivity index (χ0n) is 9.03. The minimum Gasteiger partial charge on any atom is -0.480 e. The van der Waals surface area contributed by atoms with Gasteiger partial charge in [0.2, 0.25) is 5.91 Å². The van der Waals surface area contributed by atoms with Crippen LogP contribution in [0.4, 0.5) is 0 Å². The normalized spacial score (nSPS) is 35.9. The number of nitrogens with two attached hydrogens (primary N) is 1. The summed E-state index contributed by atoms with van der Waals surface area (Å²) in [6, 6.07) is -1.78. The van der Waals surface area contributed by atoms with Crippen molar-refractivity contribution in [2.24, 2.45) is 5.73 Å². The van der Waals surface area contributed by atoms with E-state index in [0.717, 1.165) is 0 Å². The van der Waals surface area contributed by atoms with Crippen molar-refractivity contribution < 1.29 is 24.2 Å². The van der Waals surface area contributed by atoms with Crippen molar-refractivity contribution in [2.75, 3.05) is 5.75 Å². The van der Waals surface area contributed by atoms with Crippen LogP contribution >= 0.6 is 11.8 Å². The maximum Gasteiger partial charge on any atom is 0.330 e. The Balaban J connectivity index is 2.19. The van der Waals surface area contributed by atoms with Gasteiger partial charge in [0.15, 0.2) is 6.04 Å². The number of carbonyl (C=O) groups is 3. The molecule has 8 heteroatoms. The van der Waals surface area contributed by atoms with E-state index in [9.17, 15) is 14.4 Å². The van der Waals surface area contributed by atoms with Crippen molar-refractivity contribution in [3.05, 3.63) is 0 Å². The lowest BCUT2D eigenvalue weighted by atomic mass is 10.0. The van der Waals surface area contributed by atoms with E-state index in [1.54, 1.807) is 0 Å². The molecule has 0 bridgehead atoms. The topological polar surface area (TPSA) is 110 Å². The first kappa shape index (κ1) is 12.2. The third-order valence-electron chi connectivity index (χ3n) is 2.77. The van der Waals surface area contributed by atoms with E-state index in [1.807, 2.05) is 0 Å². The number of esters is 1. The molecular weight excluding hydrogens is 248 g/mol. The summed E-state index contributed by atoms with van der Waals surface area (Å²) in [4.78, 5) is 34.7. The Hall–Kier alpha value is -1.28. The quantitative estimate of drug-likeness (QED) is 0.464. The molecule has 0 aliphatic carbocycles. The second kappa shape index (κ2) is 4.19. The monoisotopic (exact) mass is 260 g/mol. The van der Waals surface area contributed by atoms with Crippen LogP contribution in [0, 0.1) is 0 Å². The van der Waals surface area contributed by atoms with Crippen LogP contribution in [0.25, 0.3) is 0 Å². The van der Waals surface area contributed by atoms with Crippen LogP contribution in [0.2, 0.25) is 0 Å². The third kappa shape index (κ3) is 1.87. The van der Waals surface area contributed by atoms with Crippen LogP contribution in [0.3, 0.4) is 0 Å². The second-order valence-electron chi connectivity index (χ2n) is 3.93. The van der Waals surface area contributed by atoms with Gasteiger partial charge in [-0.2, -0.15) is 0 Å². The highest BCUT2D eigenvalue weighted by molar-refractivity contribution is 8.00. The highest BCUT2D eigenvalue weighted by atomic mass is 32.2. The summed E-state index contributed by atoms with van der Waals surface area (Å²) < 4.78 is 4.93. The number of carboxylic acid groups (broad SMARTS) is 1. The number of carboxylic acids is 1. The van der Waals surface area contributed by atoms with Gasteiger partial charge in [0.05, 0.1) is 0 Å². The molecule has 2 aliphatic rings. The van der Waals surface area contributed by atoms with E-state index in [1.165, 1.54) is 23.6 Å². The Labute approximate surface area is 101 Å². The minimum atomic E-state index is -1.18. The summed E-state index contributed by atoms with van der Waals surface area (Å²) in [6.07, 6.45) is -0.817. The van der Waals surface area contributed by atoms with Gasteiger partial charge in [-0.3, -0.25) is 9.59 Å². The molecule has 0 radical (unpaired) electrons. The summed E-state index contributed by atoms with van der Waals surface area (Å²) in [5.41, 5.74) is 5.57. The Kier molecular flexibility index (Phi) is 3.00. The lowest BCUT2D eigenvalue weighted by Gasteiger charge is -2.52. The fourth-order valence-electron chi connectivity index (χ4n) is 2.04. The maximum atomic E-state index is 11.5. The van der Waals surface area contributed by atoms with Gasteiger partial charge < -0.3 is 20.5 Å². The summed E-state index contributed by atoms with van der Waals surface area (Å²) >= 11 is 1.34. The maximum absolute atomic E-state index is 11.5.